The summed E-state index contributed by atoms with van der Waals surface area (Å²) in [5.74, 6) is 0. The highest BCUT2D eigenvalue weighted by Crippen LogP contribution is 2.21. The van der Waals surface area contributed by atoms with Crippen LogP contribution in [0.5, 0.6) is 0 Å². The summed E-state index contributed by atoms with van der Waals surface area (Å²) in [6, 6.07) is 3.88. The Hall–Kier alpha value is -1.59. The van der Waals surface area contributed by atoms with Gasteiger partial charge in [-0.3, -0.25) is 14.9 Å². The van der Waals surface area contributed by atoms with Crippen molar-refractivity contribution in [3.63, 3.8) is 0 Å². The zero-order chi connectivity index (χ0) is 13.7. The second-order valence-corrected chi connectivity index (χ2v) is 3.84. The van der Waals surface area contributed by atoms with E-state index in [1.54, 1.807) is 6.92 Å². The third kappa shape index (κ3) is 3.72. The maximum absolute atomic E-state index is 11.3. The normalized spacial score (nSPS) is 9.72. The number of benzene rings is 1. The fraction of sp³-hybridized carbons (Fsp3) is 0.182. The Kier molecular flexibility index (Phi) is 5.12. The second-order valence-electron chi connectivity index (χ2n) is 3.15. The molecule has 0 bridgehead atoms. The number of nitrogens with one attached hydrogen (secondary N) is 1. The number of hydrogen-bond donors (Lipinski definition) is 1. The minimum atomic E-state index is -0.768. The van der Waals surface area contributed by atoms with Gasteiger partial charge in [-0.2, -0.15) is 0 Å². The number of halogens is 2. The lowest BCUT2D eigenvalue weighted by molar-refractivity contribution is 0.107. The number of ether oxygens (including phenoxy) is 1. The summed E-state index contributed by atoms with van der Waals surface area (Å²) in [6.07, 6.45) is -0.754. The van der Waals surface area contributed by atoms with Crippen molar-refractivity contribution < 1.29 is 19.1 Å². The van der Waals surface area contributed by atoms with Crippen molar-refractivity contribution in [1.29, 1.82) is 0 Å². The lowest BCUT2D eigenvalue weighted by Crippen LogP contribution is -2.15. The van der Waals surface area contributed by atoms with E-state index in [0.29, 0.717) is 0 Å². The molecule has 18 heavy (non-hydrogen) atoms. The molecule has 0 aliphatic carbocycles. The number of carbonyl (C=O) groups is 3. The Bertz CT molecular complexity index is 502. The van der Waals surface area contributed by atoms with Crippen LogP contribution in [0.2, 0.25) is 0 Å². The fourth-order valence-corrected chi connectivity index (χ4v) is 1.50. The maximum Gasteiger partial charge on any atom is 0.411 e. The van der Waals surface area contributed by atoms with Gasteiger partial charge in [0.05, 0.1) is 17.9 Å². The van der Waals surface area contributed by atoms with Crippen LogP contribution in [0.3, 0.4) is 0 Å². The monoisotopic (exact) mass is 289 g/mol. The first-order valence-corrected chi connectivity index (χ1v) is 5.68. The number of anilines is 1. The third-order valence-corrected chi connectivity index (χ3v) is 2.39. The number of hydrogen-bond acceptors (Lipinski definition) is 4. The molecule has 1 rings (SSSR count). The van der Waals surface area contributed by atoms with Crippen LogP contribution in [0.1, 0.15) is 27.6 Å². The lowest BCUT2D eigenvalue weighted by atomic mass is 10.1. The van der Waals surface area contributed by atoms with Crippen LogP contribution in [0.4, 0.5) is 10.5 Å². The Balaban J connectivity index is 3.11. The summed E-state index contributed by atoms with van der Waals surface area (Å²) in [7, 11) is 0. The van der Waals surface area contributed by atoms with Crippen LogP contribution in [-0.4, -0.2) is 23.2 Å². The molecule has 0 spiro atoms. The van der Waals surface area contributed by atoms with Crippen LogP contribution < -0.4 is 5.32 Å². The SMILES string of the molecule is CCOC(=O)Nc1cc(C(=O)Cl)ccc1C(=O)Cl. The highest BCUT2D eigenvalue weighted by Gasteiger charge is 2.14. The first-order valence-electron chi connectivity index (χ1n) is 4.93. The van der Waals surface area contributed by atoms with Gasteiger partial charge in [0.1, 0.15) is 0 Å². The van der Waals surface area contributed by atoms with E-state index in [4.69, 9.17) is 23.2 Å². The molecule has 0 aromatic heterocycles. The summed E-state index contributed by atoms with van der Waals surface area (Å²) in [6.45, 7) is 1.80. The summed E-state index contributed by atoms with van der Waals surface area (Å²) in [5, 5.41) is 0.830. The van der Waals surface area contributed by atoms with Gasteiger partial charge in [0.15, 0.2) is 0 Å². The molecule has 0 heterocycles. The van der Waals surface area contributed by atoms with Crippen molar-refractivity contribution in [2.45, 2.75) is 6.92 Å². The molecule has 0 aliphatic rings. The Labute approximate surface area is 113 Å². The predicted octanol–water partition coefficient (Wildman–Crippen LogP) is 3.01. The molecule has 0 fully saturated rings. The quantitative estimate of drug-likeness (QED) is 0.865. The van der Waals surface area contributed by atoms with Gasteiger partial charge in [0.25, 0.3) is 10.5 Å². The smallest absolute Gasteiger partial charge is 0.411 e. The highest BCUT2D eigenvalue weighted by atomic mass is 35.5. The van der Waals surface area contributed by atoms with E-state index in [1.807, 2.05) is 0 Å². The van der Waals surface area contributed by atoms with Crippen molar-refractivity contribution in [2.24, 2.45) is 0 Å². The molecule has 0 unspecified atom stereocenters. The minimum Gasteiger partial charge on any atom is -0.450 e. The molecule has 1 amide bonds. The van der Waals surface area contributed by atoms with E-state index in [9.17, 15) is 14.4 Å². The van der Waals surface area contributed by atoms with Gasteiger partial charge >= 0.3 is 6.09 Å². The fourth-order valence-electron chi connectivity index (χ4n) is 1.22. The summed E-state index contributed by atoms with van der Waals surface area (Å²) >= 11 is 10.7. The summed E-state index contributed by atoms with van der Waals surface area (Å²) in [4.78, 5) is 33.4. The van der Waals surface area contributed by atoms with Gasteiger partial charge in [-0.05, 0) is 48.3 Å². The minimum absolute atomic E-state index is 0.0476. The van der Waals surface area contributed by atoms with Crippen molar-refractivity contribution in [3.8, 4) is 0 Å². The van der Waals surface area contributed by atoms with Crippen molar-refractivity contribution in [1.82, 2.24) is 0 Å². The second kappa shape index (κ2) is 6.37. The topological polar surface area (TPSA) is 72.5 Å². The van der Waals surface area contributed by atoms with Crippen LogP contribution in [-0.2, 0) is 4.74 Å². The Morgan fingerprint density at radius 2 is 1.89 bits per heavy atom. The maximum atomic E-state index is 11.3. The first kappa shape index (κ1) is 14.5. The van der Waals surface area contributed by atoms with Crippen molar-refractivity contribution in [2.75, 3.05) is 11.9 Å². The molecule has 7 heteroatoms. The van der Waals surface area contributed by atoms with E-state index in [2.05, 4.69) is 10.1 Å². The largest absolute Gasteiger partial charge is 0.450 e. The van der Waals surface area contributed by atoms with Gasteiger partial charge in [-0.25, -0.2) is 4.79 Å². The van der Waals surface area contributed by atoms with Crippen LogP contribution in [0.25, 0.3) is 0 Å². The Morgan fingerprint density at radius 3 is 2.39 bits per heavy atom. The van der Waals surface area contributed by atoms with Gasteiger partial charge in [-0.15, -0.1) is 0 Å². The average molecular weight is 290 g/mol. The molecular weight excluding hydrogens is 281 g/mol. The van der Waals surface area contributed by atoms with E-state index < -0.39 is 16.6 Å². The zero-order valence-corrected chi connectivity index (χ0v) is 10.8. The average Bonchev–Trinajstić information content (AvgIpc) is 2.28. The van der Waals surface area contributed by atoms with Crippen molar-refractivity contribution in [3.05, 3.63) is 29.3 Å². The molecule has 0 radical (unpaired) electrons. The molecular formula is C11H9Cl2NO4. The predicted molar refractivity (Wildman–Crippen MR) is 67.5 cm³/mol. The van der Waals surface area contributed by atoms with E-state index >= 15 is 0 Å². The first-order chi connectivity index (χ1) is 8.45. The standard InChI is InChI=1S/C11H9Cl2NO4/c1-2-18-11(17)14-8-5-6(9(12)15)3-4-7(8)10(13)16/h3-5H,2H2,1H3,(H,14,17). The molecule has 0 saturated carbocycles. The van der Waals surface area contributed by atoms with Gasteiger partial charge in [0.2, 0.25) is 0 Å². The molecule has 0 aliphatic heterocycles. The van der Waals surface area contributed by atoms with Crippen LogP contribution in [0.15, 0.2) is 18.2 Å². The van der Waals surface area contributed by atoms with Gasteiger partial charge < -0.3 is 4.74 Å². The van der Waals surface area contributed by atoms with Crippen LogP contribution in [0, 0.1) is 0 Å². The number of amides is 1. The molecule has 0 atom stereocenters. The molecule has 0 saturated heterocycles. The van der Waals surface area contributed by atoms with E-state index in [-0.39, 0.29) is 23.4 Å². The third-order valence-electron chi connectivity index (χ3n) is 1.97. The summed E-state index contributed by atoms with van der Waals surface area (Å²) < 4.78 is 4.66. The van der Waals surface area contributed by atoms with Crippen LogP contribution >= 0.6 is 23.2 Å². The molecule has 1 N–H and O–H groups in total. The molecule has 1 aromatic rings. The van der Waals surface area contributed by atoms with Gasteiger partial charge in [-0.1, -0.05) is 0 Å². The van der Waals surface area contributed by atoms with E-state index in [1.165, 1.54) is 18.2 Å². The highest BCUT2D eigenvalue weighted by molar-refractivity contribution is 6.69. The van der Waals surface area contributed by atoms with Crippen molar-refractivity contribution >= 4 is 45.5 Å². The zero-order valence-electron chi connectivity index (χ0n) is 9.33. The molecule has 5 nitrogen and oxygen atoms in total. The summed E-state index contributed by atoms with van der Waals surface area (Å²) in [5.41, 5.74) is 0.247. The van der Waals surface area contributed by atoms with E-state index in [0.717, 1.165) is 0 Å². The van der Waals surface area contributed by atoms with Gasteiger partial charge in [0, 0.05) is 5.56 Å². The number of rotatable bonds is 4. The molecule has 96 valence electrons. The lowest BCUT2D eigenvalue weighted by Gasteiger charge is -2.09. The Morgan fingerprint density at radius 1 is 1.22 bits per heavy atom. The molecule has 1 aromatic carbocycles. The number of carbonyl (C=O) groups excluding carboxylic acids is 3.